The van der Waals surface area contributed by atoms with Crippen molar-refractivity contribution >= 4 is 28.4 Å². The highest BCUT2D eigenvalue weighted by Gasteiger charge is 2.45. The number of fused-ring (bicyclic) bond motifs is 1. The van der Waals surface area contributed by atoms with Gasteiger partial charge >= 0.3 is 5.92 Å². The molecule has 2 aromatic heterocycles. The van der Waals surface area contributed by atoms with Gasteiger partial charge < -0.3 is 14.8 Å². The lowest BCUT2D eigenvalue weighted by Gasteiger charge is -2.30. The number of rotatable bonds is 5. The topological polar surface area (TPSA) is 89.2 Å². The molecule has 2 aromatic carbocycles. The number of halogens is 3. The minimum atomic E-state index is -3.66. The summed E-state index contributed by atoms with van der Waals surface area (Å²) in [7, 11) is 1.63. The van der Waals surface area contributed by atoms with Crippen LogP contribution in [-0.4, -0.2) is 38.1 Å². The average molecular weight is 509 g/mol. The van der Waals surface area contributed by atoms with Crippen LogP contribution < -0.4 is 15.8 Å². The van der Waals surface area contributed by atoms with Gasteiger partial charge in [-0.05, 0) is 30.3 Å². The molecule has 1 aliphatic rings. The van der Waals surface area contributed by atoms with Crippen molar-refractivity contribution in [1.29, 1.82) is 0 Å². The summed E-state index contributed by atoms with van der Waals surface area (Å²) in [6.45, 7) is 0.463. The van der Waals surface area contributed by atoms with Crippen LogP contribution in [0.1, 0.15) is 24.9 Å². The number of carbonyl (C=O) groups is 2. The number of alkyl halides is 2. The van der Waals surface area contributed by atoms with Crippen LogP contribution in [0.25, 0.3) is 16.6 Å². The molecule has 5 rings (SSSR count). The molecule has 0 bridgehead atoms. The van der Waals surface area contributed by atoms with E-state index in [0.717, 1.165) is 0 Å². The summed E-state index contributed by atoms with van der Waals surface area (Å²) in [5.74, 6) is -6.28. The Kier molecular flexibility index (Phi) is 5.85. The fourth-order valence-corrected chi connectivity index (χ4v) is 4.61. The monoisotopic (exact) mass is 509 g/mol. The molecule has 1 N–H and O–H groups in total. The number of anilines is 1. The lowest BCUT2D eigenvalue weighted by molar-refractivity contribution is -0.143. The van der Waals surface area contributed by atoms with Gasteiger partial charge in [-0.1, -0.05) is 18.2 Å². The number of amides is 2. The largest absolute Gasteiger partial charge is 0.345 e. The third-order valence-corrected chi connectivity index (χ3v) is 6.41. The summed E-state index contributed by atoms with van der Waals surface area (Å²) in [5, 5.41) is 7.28. The lowest BCUT2D eigenvalue weighted by atomic mass is 9.98. The number of pyridine rings is 1. The fraction of sp³-hybridized carbons (Fsp3) is 0.231. The van der Waals surface area contributed by atoms with Gasteiger partial charge in [0.25, 0.3) is 5.91 Å². The maximum absolute atomic E-state index is 14.9. The first kappa shape index (κ1) is 24.3. The molecule has 1 saturated heterocycles. The number of benzene rings is 2. The zero-order valence-corrected chi connectivity index (χ0v) is 19.9. The Bertz CT molecular complexity index is 1590. The summed E-state index contributed by atoms with van der Waals surface area (Å²) in [5.41, 5.74) is 1.66. The molecule has 37 heavy (non-hydrogen) atoms. The molecule has 0 aliphatic carbocycles. The van der Waals surface area contributed by atoms with Crippen molar-refractivity contribution in [2.24, 2.45) is 7.05 Å². The van der Waals surface area contributed by atoms with Gasteiger partial charge in [0, 0.05) is 49.3 Å². The molecule has 190 valence electrons. The highest BCUT2D eigenvalue weighted by Crippen LogP contribution is 2.39. The SMILES string of the molecule is Cn1cc(-n2ncc3cc(N4C(=O)C[C@H](NC(=O)C(C)(F)F)[C@H]4c4ccccc4F)ccc32)ccc1=O. The van der Waals surface area contributed by atoms with E-state index in [2.05, 4.69) is 10.4 Å². The van der Waals surface area contributed by atoms with E-state index in [1.165, 1.54) is 33.7 Å². The summed E-state index contributed by atoms with van der Waals surface area (Å²) in [4.78, 5) is 38.3. The average Bonchev–Trinajstić information content (AvgIpc) is 3.40. The molecule has 11 heteroatoms. The molecule has 2 amide bonds. The third kappa shape index (κ3) is 4.37. The van der Waals surface area contributed by atoms with Gasteiger partial charge in [-0.3, -0.25) is 14.4 Å². The Morgan fingerprint density at radius 2 is 1.81 bits per heavy atom. The molecule has 8 nitrogen and oxygen atoms in total. The molecule has 1 fully saturated rings. The number of nitrogens with zero attached hydrogens (tertiary/aromatic N) is 4. The Morgan fingerprint density at radius 1 is 1.08 bits per heavy atom. The predicted octanol–water partition coefficient (Wildman–Crippen LogP) is 3.48. The van der Waals surface area contributed by atoms with E-state index in [9.17, 15) is 27.6 Å². The molecule has 0 unspecified atom stereocenters. The normalized spacial score (nSPS) is 18.0. The second kappa shape index (κ2) is 8.91. The number of nitrogens with one attached hydrogen (secondary N) is 1. The van der Waals surface area contributed by atoms with Crippen molar-refractivity contribution in [3.63, 3.8) is 0 Å². The van der Waals surface area contributed by atoms with E-state index in [1.54, 1.807) is 54.5 Å². The molecular formula is C26H22F3N5O3. The van der Waals surface area contributed by atoms with E-state index in [0.29, 0.717) is 29.2 Å². The van der Waals surface area contributed by atoms with Crippen LogP contribution in [0, 0.1) is 5.82 Å². The van der Waals surface area contributed by atoms with Crippen LogP contribution in [0.15, 0.2) is 71.8 Å². The molecule has 3 heterocycles. The Balaban J connectivity index is 1.57. The maximum atomic E-state index is 14.9. The van der Waals surface area contributed by atoms with E-state index < -0.39 is 35.6 Å². The van der Waals surface area contributed by atoms with Crippen molar-refractivity contribution < 1.29 is 22.8 Å². The maximum Gasteiger partial charge on any atom is 0.321 e. The van der Waals surface area contributed by atoms with Gasteiger partial charge in [-0.15, -0.1) is 0 Å². The molecular weight excluding hydrogens is 487 g/mol. The van der Waals surface area contributed by atoms with Crippen molar-refractivity contribution in [1.82, 2.24) is 19.7 Å². The van der Waals surface area contributed by atoms with Gasteiger partial charge in [0.15, 0.2) is 0 Å². The molecule has 0 radical (unpaired) electrons. The van der Waals surface area contributed by atoms with E-state index in [-0.39, 0.29) is 17.5 Å². The van der Waals surface area contributed by atoms with Gasteiger partial charge in [-0.2, -0.15) is 13.9 Å². The third-order valence-electron chi connectivity index (χ3n) is 6.41. The number of aromatic nitrogens is 3. The first-order valence-electron chi connectivity index (χ1n) is 11.4. The summed E-state index contributed by atoms with van der Waals surface area (Å²) in [6, 6.07) is 11.7. The summed E-state index contributed by atoms with van der Waals surface area (Å²) in [6.07, 6.45) is 2.94. The molecule has 4 aromatic rings. The van der Waals surface area contributed by atoms with Crippen LogP contribution in [0.5, 0.6) is 0 Å². The summed E-state index contributed by atoms with van der Waals surface area (Å²) < 4.78 is 45.2. The number of aryl methyl sites for hydroxylation is 1. The van der Waals surface area contributed by atoms with Crippen LogP contribution in [-0.2, 0) is 16.6 Å². The smallest absolute Gasteiger partial charge is 0.321 e. The highest BCUT2D eigenvalue weighted by molar-refractivity contribution is 6.00. The molecule has 0 saturated carbocycles. The summed E-state index contributed by atoms with van der Waals surface area (Å²) >= 11 is 0. The molecule has 1 aliphatic heterocycles. The second-order valence-corrected chi connectivity index (χ2v) is 9.04. The van der Waals surface area contributed by atoms with Crippen LogP contribution in [0.4, 0.5) is 18.9 Å². The Hall–Kier alpha value is -4.41. The van der Waals surface area contributed by atoms with Gasteiger partial charge in [0.05, 0.1) is 29.5 Å². The van der Waals surface area contributed by atoms with Crippen molar-refractivity contribution in [3.05, 3.63) is 88.7 Å². The van der Waals surface area contributed by atoms with Crippen molar-refractivity contribution in [2.75, 3.05) is 4.90 Å². The zero-order valence-electron chi connectivity index (χ0n) is 19.9. The van der Waals surface area contributed by atoms with E-state index >= 15 is 0 Å². The predicted molar refractivity (Wildman–Crippen MR) is 130 cm³/mol. The number of hydrogen-bond acceptors (Lipinski definition) is 4. The Morgan fingerprint density at radius 3 is 2.51 bits per heavy atom. The first-order valence-corrected chi connectivity index (χ1v) is 11.4. The minimum Gasteiger partial charge on any atom is -0.345 e. The number of hydrogen-bond donors (Lipinski definition) is 1. The van der Waals surface area contributed by atoms with Crippen LogP contribution >= 0.6 is 0 Å². The second-order valence-electron chi connectivity index (χ2n) is 9.04. The van der Waals surface area contributed by atoms with Gasteiger partial charge in [0.2, 0.25) is 11.5 Å². The zero-order chi connectivity index (χ0) is 26.5. The highest BCUT2D eigenvalue weighted by atomic mass is 19.3. The fourth-order valence-electron chi connectivity index (χ4n) is 4.61. The minimum absolute atomic E-state index is 0.0964. The van der Waals surface area contributed by atoms with Crippen molar-refractivity contribution in [2.45, 2.75) is 31.4 Å². The van der Waals surface area contributed by atoms with Gasteiger partial charge in [-0.25, -0.2) is 9.07 Å². The molecule has 0 spiro atoms. The number of carbonyl (C=O) groups excluding carboxylic acids is 2. The first-order chi connectivity index (χ1) is 17.5. The van der Waals surface area contributed by atoms with Crippen LogP contribution in [0.2, 0.25) is 0 Å². The van der Waals surface area contributed by atoms with Crippen LogP contribution in [0.3, 0.4) is 0 Å². The van der Waals surface area contributed by atoms with Gasteiger partial charge in [0.1, 0.15) is 5.82 Å². The lowest BCUT2D eigenvalue weighted by Crippen LogP contribution is -2.46. The van der Waals surface area contributed by atoms with E-state index in [1.807, 2.05) is 0 Å². The van der Waals surface area contributed by atoms with Crippen molar-refractivity contribution in [3.8, 4) is 5.69 Å². The quantitative estimate of drug-likeness (QED) is 0.446. The standard InChI is InChI=1S/C26H22F3N5O3/c1-26(28,29)25(37)31-20-12-23(36)33(24(20)18-5-3-4-6-19(18)27)16-7-9-21-15(11-16)13-30-34(21)17-8-10-22(35)32(2)14-17/h3-11,13-14,20,24H,12H2,1-2H3,(H,31,37)/t20-,24+/m0/s1. The van der Waals surface area contributed by atoms with E-state index in [4.69, 9.17) is 0 Å². The molecule has 2 atom stereocenters. The Labute approximate surface area is 208 Å².